The lowest BCUT2D eigenvalue weighted by Gasteiger charge is -2.15. The molecule has 0 bridgehead atoms. The number of benzene rings is 2. The second-order valence-electron chi connectivity index (χ2n) is 5.45. The molecule has 3 rings (SSSR count). The summed E-state index contributed by atoms with van der Waals surface area (Å²) < 4.78 is 17.6. The molecule has 26 heavy (non-hydrogen) atoms. The number of carbonyl (C=O) groups is 4. The fourth-order valence-electron chi connectivity index (χ4n) is 2.46. The maximum atomic E-state index is 12.8. The predicted molar refractivity (Wildman–Crippen MR) is 89.1 cm³/mol. The Labute approximate surface area is 147 Å². The van der Waals surface area contributed by atoms with Crippen LogP contribution < -0.4 is 10.2 Å². The molecule has 0 unspecified atom stereocenters. The number of nitrogens with one attached hydrogen (secondary N) is 1. The molecule has 0 aliphatic carbocycles. The highest BCUT2D eigenvalue weighted by atomic mass is 19.1. The highest BCUT2D eigenvalue weighted by molar-refractivity contribution is 6.52. The SMILES string of the molecule is O=C(COC(=O)CN1C(=O)C(=O)c2ccccc21)Nc1ccc(F)cc1. The number of rotatable bonds is 5. The number of carbonyl (C=O) groups excluding carboxylic acids is 4. The molecule has 2 aromatic rings. The van der Waals surface area contributed by atoms with Crippen LogP contribution in [0, 0.1) is 5.82 Å². The van der Waals surface area contributed by atoms with Crippen LogP contribution in [0.5, 0.6) is 0 Å². The van der Waals surface area contributed by atoms with Gasteiger partial charge in [0.15, 0.2) is 6.61 Å². The normalized spacial score (nSPS) is 12.7. The number of hydrogen-bond acceptors (Lipinski definition) is 5. The lowest BCUT2D eigenvalue weighted by molar-refractivity contribution is -0.146. The Balaban J connectivity index is 1.54. The minimum atomic E-state index is -0.836. The highest BCUT2D eigenvalue weighted by Crippen LogP contribution is 2.28. The van der Waals surface area contributed by atoms with Crippen LogP contribution in [-0.2, 0) is 19.1 Å². The van der Waals surface area contributed by atoms with E-state index in [1.54, 1.807) is 18.2 Å². The minimum absolute atomic E-state index is 0.222. The first-order chi connectivity index (χ1) is 12.5. The fourth-order valence-corrected chi connectivity index (χ4v) is 2.46. The summed E-state index contributed by atoms with van der Waals surface area (Å²) in [6, 6.07) is 11.4. The van der Waals surface area contributed by atoms with Crippen LogP contribution in [0.4, 0.5) is 15.8 Å². The maximum absolute atomic E-state index is 12.8. The summed E-state index contributed by atoms with van der Waals surface area (Å²) in [6.07, 6.45) is 0. The van der Waals surface area contributed by atoms with Crippen LogP contribution >= 0.6 is 0 Å². The Morgan fingerprint density at radius 1 is 1.04 bits per heavy atom. The van der Waals surface area contributed by atoms with Crippen molar-refractivity contribution < 1.29 is 28.3 Å². The second-order valence-corrected chi connectivity index (χ2v) is 5.45. The van der Waals surface area contributed by atoms with Crippen molar-refractivity contribution in [1.82, 2.24) is 0 Å². The van der Waals surface area contributed by atoms with E-state index in [1.807, 2.05) is 0 Å². The number of ketones is 1. The van der Waals surface area contributed by atoms with E-state index in [0.717, 1.165) is 4.90 Å². The van der Waals surface area contributed by atoms with Crippen molar-refractivity contribution in [3.63, 3.8) is 0 Å². The average Bonchev–Trinajstić information content (AvgIpc) is 2.87. The summed E-state index contributed by atoms with van der Waals surface area (Å²) in [6.45, 7) is -1.06. The molecule has 132 valence electrons. The van der Waals surface area contributed by atoms with Gasteiger partial charge in [0, 0.05) is 5.69 Å². The Morgan fingerprint density at radius 2 is 1.73 bits per heavy atom. The number of halogens is 1. The van der Waals surface area contributed by atoms with Gasteiger partial charge in [-0.3, -0.25) is 24.1 Å². The van der Waals surface area contributed by atoms with Crippen LogP contribution in [0.25, 0.3) is 0 Å². The van der Waals surface area contributed by atoms with Gasteiger partial charge in [-0.15, -0.1) is 0 Å². The van der Waals surface area contributed by atoms with Gasteiger partial charge < -0.3 is 10.1 Å². The molecule has 1 N–H and O–H groups in total. The summed E-state index contributed by atoms with van der Waals surface area (Å²) in [5, 5.41) is 2.43. The van der Waals surface area contributed by atoms with Crippen LogP contribution in [0.1, 0.15) is 10.4 Å². The van der Waals surface area contributed by atoms with E-state index in [1.165, 1.54) is 30.3 Å². The number of ether oxygens (including phenoxy) is 1. The van der Waals surface area contributed by atoms with E-state index in [2.05, 4.69) is 5.32 Å². The van der Waals surface area contributed by atoms with Crippen LogP contribution in [0.3, 0.4) is 0 Å². The topological polar surface area (TPSA) is 92.8 Å². The summed E-state index contributed by atoms with van der Waals surface area (Å²) >= 11 is 0. The molecule has 0 saturated heterocycles. The molecule has 0 aromatic heterocycles. The molecule has 0 saturated carbocycles. The van der Waals surface area contributed by atoms with Crippen molar-refractivity contribution in [2.45, 2.75) is 0 Å². The number of para-hydroxylation sites is 1. The van der Waals surface area contributed by atoms with E-state index in [4.69, 9.17) is 4.74 Å². The van der Waals surface area contributed by atoms with Gasteiger partial charge in [-0.2, -0.15) is 0 Å². The number of hydrogen-bond donors (Lipinski definition) is 1. The number of nitrogens with zero attached hydrogens (tertiary/aromatic N) is 1. The number of anilines is 2. The maximum Gasteiger partial charge on any atom is 0.326 e. The molecule has 1 aliphatic heterocycles. The van der Waals surface area contributed by atoms with Gasteiger partial charge in [0.1, 0.15) is 12.4 Å². The summed E-state index contributed by atoms with van der Waals surface area (Å²) in [4.78, 5) is 48.5. The van der Waals surface area contributed by atoms with E-state index >= 15 is 0 Å². The Bertz CT molecular complexity index is 895. The molecule has 1 aliphatic rings. The van der Waals surface area contributed by atoms with Crippen LogP contribution in [0.15, 0.2) is 48.5 Å². The highest BCUT2D eigenvalue weighted by Gasteiger charge is 2.36. The Hall–Kier alpha value is -3.55. The lowest BCUT2D eigenvalue weighted by atomic mass is 10.1. The van der Waals surface area contributed by atoms with Crippen molar-refractivity contribution >= 4 is 34.9 Å². The predicted octanol–water partition coefficient (Wildman–Crippen LogP) is 1.54. The smallest absolute Gasteiger partial charge is 0.326 e. The molecular formula is C18H13FN2O5. The monoisotopic (exact) mass is 356 g/mol. The quantitative estimate of drug-likeness (QED) is 0.648. The van der Waals surface area contributed by atoms with E-state index < -0.39 is 42.5 Å². The van der Waals surface area contributed by atoms with Crippen molar-refractivity contribution in [2.75, 3.05) is 23.4 Å². The van der Waals surface area contributed by atoms with E-state index in [9.17, 15) is 23.6 Å². The Morgan fingerprint density at radius 3 is 2.46 bits per heavy atom. The second kappa shape index (κ2) is 7.14. The van der Waals surface area contributed by atoms with E-state index in [-0.39, 0.29) is 5.56 Å². The Kier molecular flexibility index (Phi) is 4.74. The molecule has 8 heteroatoms. The zero-order valence-electron chi connectivity index (χ0n) is 13.4. The zero-order chi connectivity index (χ0) is 18.7. The molecule has 7 nitrogen and oxygen atoms in total. The first-order valence-electron chi connectivity index (χ1n) is 7.62. The number of amides is 2. The van der Waals surface area contributed by atoms with Gasteiger partial charge in [0.05, 0.1) is 11.3 Å². The third-order valence-corrected chi connectivity index (χ3v) is 3.66. The van der Waals surface area contributed by atoms with Crippen molar-refractivity contribution in [3.05, 3.63) is 59.9 Å². The molecule has 2 aromatic carbocycles. The minimum Gasteiger partial charge on any atom is -0.454 e. The van der Waals surface area contributed by atoms with E-state index in [0.29, 0.717) is 11.4 Å². The third-order valence-electron chi connectivity index (χ3n) is 3.66. The molecular weight excluding hydrogens is 343 g/mol. The van der Waals surface area contributed by atoms with Gasteiger partial charge in [-0.25, -0.2) is 4.39 Å². The first-order valence-corrected chi connectivity index (χ1v) is 7.62. The number of fused-ring (bicyclic) bond motifs is 1. The summed E-state index contributed by atoms with van der Waals surface area (Å²) in [7, 11) is 0. The van der Waals surface area contributed by atoms with Crippen LogP contribution in [-0.4, -0.2) is 36.7 Å². The molecule has 0 spiro atoms. The van der Waals surface area contributed by atoms with Gasteiger partial charge in [0.2, 0.25) is 0 Å². The van der Waals surface area contributed by atoms with Gasteiger partial charge in [0.25, 0.3) is 17.6 Å². The fraction of sp³-hybridized carbons (Fsp3) is 0.111. The third kappa shape index (κ3) is 3.59. The summed E-state index contributed by atoms with van der Waals surface area (Å²) in [5.41, 5.74) is 0.899. The standard InChI is InChI=1S/C18H13FN2O5/c19-11-5-7-12(8-6-11)20-15(22)10-26-16(23)9-21-14-4-2-1-3-13(14)17(24)18(21)25/h1-8H,9-10H2,(H,20,22). The zero-order valence-corrected chi connectivity index (χ0v) is 13.4. The molecule has 2 amide bonds. The number of Topliss-reactive ketones (excluding diaryl/α,β-unsaturated/α-hetero) is 1. The summed E-state index contributed by atoms with van der Waals surface area (Å²) in [5.74, 6) is -3.41. The lowest BCUT2D eigenvalue weighted by Crippen LogP contribution is -2.36. The number of esters is 1. The van der Waals surface area contributed by atoms with Gasteiger partial charge in [-0.1, -0.05) is 12.1 Å². The van der Waals surface area contributed by atoms with Crippen molar-refractivity contribution in [2.24, 2.45) is 0 Å². The molecule has 0 atom stereocenters. The average molecular weight is 356 g/mol. The molecule has 0 radical (unpaired) electrons. The van der Waals surface area contributed by atoms with Crippen molar-refractivity contribution in [3.8, 4) is 0 Å². The molecule has 0 fully saturated rings. The largest absolute Gasteiger partial charge is 0.454 e. The van der Waals surface area contributed by atoms with Crippen LogP contribution in [0.2, 0.25) is 0 Å². The van der Waals surface area contributed by atoms with Gasteiger partial charge in [-0.05, 0) is 36.4 Å². The van der Waals surface area contributed by atoms with Crippen molar-refractivity contribution in [1.29, 1.82) is 0 Å². The van der Waals surface area contributed by atoms with Gasteiger partial charge >= 0.3 is 5.97 Å². The molecule has 1 heterocycles. The first kappa shape index (κ1) is 17.3.